The molecule has 158 valence electrons. The van der Waals surface area contributed by atoms with Gasteiger partial charge in [0, 0.05) is 16.9 Å². The predicted octanol–water partition coefficient (Wildman–Crippen LogP) is 3.73. The van der Waals surface area contributed by atoms with Crippen LogP contribution in [-0.2, 0) is 9.59 Å². The van der Waals surface area contributed by atoms with Crippen LogP contribution in [0, 0.1) is 5.92 Å². The second-order valence-electron chi connectivity index (χ2n) is 6.79. The number of amides is 1. The lowest BCUT2D eigenvalue weighted by Crippen LogP contribution is -2.48. The van der Waals surface area contributed by atoms with E-state index >= 15 is 0 Å². The Morgan fingerprint density at radius 3 is 1.83 bits per heavy atom. The quantitative estimate of drug-likeness (QED) is 0.606. The third kappa shape index (κ3) is 7.03. The highest BCUT2D eigenvalue weighted by molar-refractivity contribution is 8.18. The number of aliphatic carboxylic acids is 1. The number of carboxylic acids is 1. The molecule has 0 bridgehead atoms. The van der Waals surface area contributed by atoms with E-state index in [0.717, 1.165) is 23.5 Å². The second-order valence-corrected chi connectivity index (χ2v) is 8.96. The molecule has 0 fully saturated rings. The van der Waals surface area contributed by atoms with Gasteiger partial charge in [0.2, 0.25) is 16.1 Å². The van der Waals surface area contributed by atoms with Gasteiger partial charge in [-0.1, -0.05) is 98.0 Å². The maximum Gasteiger partial charge on any atom is 0.326 e. The average Bonchev–Trinajstić information content (AvgIpc) is 2.75. The first-order valence-corrected chi connectivity index (χ1v) is 11.2. The van der Waals surface area contributed by atoms with Crippen molar-refractivity contribution in [2.24, 2.45) is 5.92 Å². The molecule has 1 amide bonds. The lowest BCUT2D eigenvalue weighted by atomic mass is 10.0. The molecule has 0 aliphatic rings. The van der Waals surface area contributed by atoms with Crippen molar-refractivity contribution in [3.05, 3.63) is 71.8 Å². The van der Waals surface area contributed by atoms with Gasteiger partial charge in [-0.15, -0.1) is 0 Å². The molecule has 0 saturated carbocycles. The van der Waals surface area contributed by atoms with Gasteiger partial charge in [-0.2, -0.15) is 0 Å². The van der Waals surface area contributed by atoms with Crippen LogP contribution in [0.4, 0.5) is 0 Å². The molecule has 2 N–H and O–H groups in total. The molecule has 0 radical (unpaired) electrons. The molecule has 2 atom stereocenters. The van der Waals surface area contributed by atoms with Crippen molar-refractivity contribution in [3.8, 4) is 0 Å². The molecule has 2 aromatic carbocycles. The fraction of sp³-hybridized carbons (Fsp3) is 0.273. The van der Waals surface area contributed by atoms with Crippen LogP contribution < -0.4 is 5.32 Å². The van der Waals surface area contributed by atoms with Gasteiger partial charge in [0.15, 0.2) is 0 Å². The van der Waals surface area contributed by atoms with Crippen molar-refractivity contribution in [1.29, 1.82) is 0 Å². The van der Waals surface area contributed by atoms with Gasteiger partial charge in [-0.05, 0) is 5.92 Å². The summed E-state index contributed by atoms with van der Waals surface area (Å²) in [6.07, 6.45) is 0. The van der Waals surface area contributed by atoms with E-state index in [2.05, 4.69) is 5.32 Å². The summed E-state index contributed by atoms with van der Waals surface area (Å²) in [5.74, 6) is -2.03. The van der Waals surface area contributed by atoms with Crippen molar-refractivity contribution in [2.75, 3.05) is 5.75 Å². The van der Waals surface area contributed by atoms with Crippen LogP contribution in [0.15, 0.2) is 60.7 Å². The number of nitrogens with one attached hydrogen (secondary N) is 1. The zero-order chi connectivity index (χ0) is 22.1. The van der Waals surface area contributed by atoms with Gasteiger partial charge in [0.25, 0.3) is 0 Å². The van der Waals surface area contributed by atoms with Crippen LogP contribution in [0.1, 0.15) is 34.6 Å². The molecule has 0 aliphatic carbocycles. The summed E-state index contributed by atoms with van der Waals surface area (Å²) in [7, 11) is 0. The number of thioether (sulfide) groups is 2. The first-order valence-electron chi connectivity index (χ1n) is 9.31. The van der Waals surface area contributed by atoms with E-state index < -0.39 is 23.2 Å². The van der Waals surface area contributed by atoms with Crippen LogP contribution in [-0.4, -0.2) is 44.3 Å². The van der Waals surface area contributed by atoms with Gasteiger partial charge in [-0.3, -0.25) is 14.4 Å². The molecular weight excluding hydrogens is 422 g/mol. The molecule has 0 unspecified atom stereocenters. The fourth-order valence-corrected chi connectivity index (χ4v) is 4.44. The van der Waals surface area contributed by atoms with Gasteiger partial charge in [0.1, 0.15) is 11.3 Å². The smallest absolute Gasteiger partial charge is 0.326 e. The summed E-state index contributed by atoms with van der Waals surface area (Å²) in [5, 5.41) is 10.4. The number of hydrogen-bond donors (Lipinski definition) is 2. The van der Waals surface area contributed by atoms with E-state index in [-0.39, 0.29) is 21.9 Å². The summed E-state index contributed by atoms with van der Waals surface area (Å²) in [4.78, 5) is 49.3. The maximum absolute atomic E-state index is 12.8. The number of hydrogen-bond acceptors (Lipinski definition) is 6. The molecule has 8 heteroatoms. The Morgan fingerprint density at radius 2 is 1.37 bits per heavy atom. The van der Waals surface area contributed by atoms with Crippen LogP contribution >= 0.6 is 23.5 Å². The minimum atomic E-state index is -1.15. The maximum atomic E-state index is 12.8. The first kappa shape index (κ1) is 23.7. The monoisotopic (exact) mass is 445 g/mol. The zero-order valence-corrected chi connectivity index (χ0v) is 18.2. The molecule has 0 aliphatic heterocycles. The Labute approximate surface area is 183 Å². The third-order valence-corrected chi connectivity index (χ3v) is 6.48. The highest BCUT2D eigenvalue weighted by Gasteiger charge is 2.30. The lowest BCUT2D eigenvalue weighted by molar-refractivity contribution is -0.142. The molecule has 6 nitrogen and oxygen atoms in total. The standard InChI is InChI=1S/C22H23NO5S2/c1-14(2)18(20(25)26)23-19(24)17(30-22(28)16-11-7-4-8-12-16)13-29-21(27)15-9-5-3-6-10-15/h3-12,14,17-18H,13H2,1-2H3,(H,23,24)(H,25,26)/t17-,18-/m0/s1. The van der Waals surface area contributed by atoms with E-state index in [1.165, 1.54) is 0 Å². The number of carboxylic acid groups (broad SMARTS) is 1. The minimum Gasteiger partial charge on any atom is -0.480 e. The Balaban J connectivity index is 2.14. The molecule has 0 saturated heterocycles. The van der Waals surface area contributed by atoms with Crippen molar-refractivity contribution in [2.45, 2.75) is 25.1 Å². The summed E-state index contributed by atoms with van der Waals surface area (Å²) in [6, 6.07) is 16.0. The third-order valence-electron chi connectivity index (χ3n) is 4.16. The molecule has 30 heavy (non-hydrogen) atoms. The number of rotatable bonds is 9. The van der Waals surface area contributed by atoms with Crippen LogP contribution in [0.5, 0.6) is 0 Å². The zero-order valence-electron chi connectivity index (χ0n) is 16.6. The van der Waals surface area contributed by atoms with Gasteiger partial charge >= 0.3 is 5.97 Å². The molecule has 2 aromatic rings. The highest BCUT2D eigenvalue weighted by atomic mass is 32.2. The average molecular weight is 446 g/mol. The summed E-state index contributed by atoms with van der Waals surface area (Å²) in [6.45, 7) is 3.37. The predicted molar refractivity (Wildman–Crippen MR) is 120 cm³/mol. The topological polar surface area (TPSA) is 101 Å². The van der Waals surface area contributed by atoms with Crippen LogP contribution in [0.2, 0.25) is 0 Å². The lowest BCUT2D eigenvalue weighted by Gasteiger charge is -2.21. The largest absolute Gasteiger partial charge is 0.480 e. The molecule has 0 heterocycles. The summed E-state index contributed by atoms with van der Waals surface area (Å²) in [5.41, 5.74) is 0.921. The number of benzene rings is 2. The number of carbonyl (C=O) groups is 4. The number of carbonyl (C=O) groups excluding carboxylic acids is 3. The van der Waals surface area contributed by atoms with Gasteiger partial charge in [-0.25, -0.2) is 4.79 Å². The van der Waals surface area contributed by atoms with E-state index in [9.17, 15) is 24.3 Å². The fourth-order valence-electron chi connectivity index (χ4n) is 2.50. The van der Waals surface area contributed by atoms with E-state index in [4.69, 9.17) is 0 Å². The van der Waals surface area contributed by atoms with Gasteiger partial charge in [0.05, 0.1) is 0 Å². The SMILES string of the molecule is CC(C)[C@H](NC(=O)[C@H](CSC(=O)c1ccccc1)SC(=O)c1ccccc1)C(=O)O. The molecule has 0 spiro atoms. The Hall–Kier alpha value is -2.58. The van der Waals surface area contributed by atoms with Crippen molar-refractivity contribution in [1.82, 2.24) is 5.32 Å². The highest BCUT2D eigenvalue weighted by Crippen LogP contribution is 2.24. The Morgan fingerprint density at radius 1 is 0.867 bits per heavy atom. The Bertz CT molecular complexity index is 887. The minimum absolute atomic E-state index is 0.0350. The van der Waals surface area contributed by atoms with Crippen molar-refractivity contribution >= 4 is 45.6 Å². The van der Waals surface area contributed by atoms with E-state index in [1.54, 1.807) is 74.5 Å². The molecule has 0 aromatic heterocycles. The van der Waals surface area contributed by atoms with Crippen LogP contribution in [0.3, 0.4) is 0 Å². The second kappa shape index (κ2) is 11.6. The molecule has 2 rings (SSSR count). The van der Waals surface area contributed by atoms with E-state index in [1.807, 2.05) is 0 Å². The van der Waals surface area contributed by atoms with Crippen molar-refractivity contribution in [3.63, 3.8) is 0 Å². The van der Waals surface area contributed by atoms with Crippen LogP contribution in [0.25, 0.3) is 0 Å². The van der Waals surface area contributed by atoms with Gasteiger partial charge < -0.3 is 10.4 Å². The Kier molecular flexibility index (Phi) is 9.14. The normalized spacial score (nSPS) is 12.8. The molecular formula is C22H23NO5S2. The van der Waals surface area contributed by atoms with E-state index in [0.29, 0.717) is 11.1 Å². The first-order chi connectivity index (χ1) is 14.3. The summed E-state index contributed by atoms with van der Waals surface area (Å²) >= 11 is 1.72. The van der Waals surface area contributed by atoms with Crippen molar-refractivity contribution < 1.29 is 24.3 Å². The summed E-state index contributed by atoms with van der Waals surface area (Å²) < 4.78 is 0.